The van der Waals surface area contributed by atoms with Crippen LogP contribution in [0.2, 0.25) is 0 Å². The Hall–Kier alpha value is -4.00. The van der Waals surface area contributed by atoms with E-state index < -0.39 is 22.8 Å². The van der Waals surface area contributed by atoms with Crippen LogP contribution < -0.4 is 4.74 Å². The van der Waals surface area contributed by atoms with Gasteiger partial charge in [-0.05, 0) is 6.07 Å². The highest BCUT2D eigenvalue weighted by molar-refractivity contribution is 6.02. The Morgan fingerprint density at radius 2 is 1.55 bits per heavy atom. The predicted octanol–water partition coefficient (Wildman–Crippen LogP) is 4.38. The molecular weight excluding hydrogens is 374 g/mol. The number of carbonyl (C=O) groups excluding carboxylic acids is 2. The van der Waals surface area contributed by atoms with Crippen LogP contribution in [0.1, 0.15) is 32.4 Å². The van der Waals surface area contributed by atoms with Gasteiger partial charge in [0, 0.05) is 23.3 Å². The third-order valence-corrected chi connectivity index (χ3v) is 4.24. The third-order valence-electron chi connectivity index (χ3n) is 4.24. The second kappa shape index (κ2) is 8.79. The first-order valence-corrected chi connectivity index (χ1v) is 8.69. The number of Topliss-reactive ketones (excluding diaryl/α,β-unsaturated/α-hetero) is 1. The van der Waals surface area contributed by atoms with Gasteiger partial charge in [-0.3, -0.25) is 14.9 Å². The summed E-state index contributed by atoms with van der Waals surface area (Å²) in [5, 5.41) is 11.1. The molecule has 1 atom stereocenters. The molecule has 29 heavy (non-hydrogen) atoms. The van der Waals surface area contributed by atoms with E-state index in [4.69, 9.17) is 9.47 Å². The summed E-state index contributed by atoms with van der Waals surface area (Å²) in [5.74, 6) is -1.20. The topological polar surface area (TPSA) is 95.7 Å². The number of ketones is 1. The lowest BCUT2D eigenvalue weighted by Gasteiger charge is -2.18. The van der Waals surface area contributed by atoms with Gasteiger partial charge in [0.05, 0.1) is 12.0 Å². The summed E-state index contributed by atoms with van der Waals surface area (Å²) in [6, 6.07) is 20.6. The van der Waals surface area contributed by atoms with E-state index in [1.54, 1.807) is 60.7 Å². The maximum Gasteiger partial charge on any atom is 0.343 e. The van der Waals surface area contributed by atoms with E-state index in [2.05, 4.69) is 0 Å². The molecule has 7 nitrogen and oxygen atoms in total. The summed E-state index contributed by atoms with van der Waals surface area (Å²) in [4.78, 5) is 36.3. The summed E-state index contributed by atoms with van der Waals surface area (Å²) in [6.45, 7) is 0. The minimum absolute atomic E-state index is 0.111. The molecule has 7 heteroatoms. The lowest BCUT2D eigenvalue weighted by atomic mass is 9.99. The highest BCUT2D eigenvalue weighted by atomic mass is 16.6. The van der Waals surface area contributed by atoms with Gasteiger partial charge in [-0.25, -0.2) is 4.79 Å². The fourth-order valence-electron chi connectivity index (χ4n) is 2.79. The Morgan fingerprint density at radius 3 is 2.14 bits per heavy atom. The van der Waals surface area contributed by atoms with Crippen molar-refractivity contribution in [2.24, 2.45) is 0 Å². The van der Waals surface area contributed by atoms with E-state index in [-0.39, 0.29) is 17.0 Å². The number of nitro groups is 1. The van der Waals surface area contributed by atoms with Gasteiger partial charge in [-0.1, -0.05) is 60.7 Å². The van der Waals surface area contributed by atoms with Gasteiger partial charge in [0.25, 0.3) is 5.69 Å². The summed E-state index contributed by atoms with van der Waals surface area (Å²) in [7, 11) is 1.34. The maximum absolute atomic E-state index is 13.0. The van der Waals surface area contributed by atoms with Crippen LogP contribution in [0.4, 0.5) is 5.69 Å². The van der Waals surface area contributed by atoms with E-state index >= 15 is 0 Å². The minimum atomic E-state index is -1.21. The number of hydrogen-bond acceptors (Lipinski definition) is 6. The van der Waals surface area contributed by atoms with E-state index in [1.807, 2.05) is 0 Å². The van der Waals surface area contributed by atoms with Crippen LogP contribution in [-0.2, 0) is 4.74 Å². The molecule has 3 aromatic carbocycles. The Morgan fingerprint density at radius 1 is 0.931 bits per heavy atom. The van der Waals surface area contributed by atoms with Gasteiger partial charge in [0.2, 0.25) is 5.78 Å². The van der Waals surface area contributed by atoms with Crippen molar-refractivity contribution >= 4 is 17.4 Å². The molecule has 0 N–H and O–H groups in total. The van der Waals surface area contributed by atoms with E-state index in [0.717, 1.165) is 6.07 Å². The Bertz CT molecular complexity index is 1030. The molecule has 0 bridgehead atoms. The van der Waals surface area contributed by atoms with Gasteiger partial charge >= 0.3 is 5.97 Å². The molecule has 0 aromatic heterocycles. The highest BCUT2D eigenvalue weighted by Gasteiger charge is 2.28. The number of non-ortho nitro benzene ring substituents is 1. The van der Waals surface area contributed by atoms with Gasteiger partial charge < -0.3 is 9.47 Å². The summed E-state index contributed by atoms with van der Waals surface area (Å²) in [5.41, 5.74) is 0.436. The first-order chi connectivity index (χ1) is 14.0. The Labute approximate surface area is 166 Å². The van der Waals surface area contributed by atoms with Crippen molar-refractivity contribution in [2.75, 3.05) is 7.11 Å². The molecular formula is C22H17NO6. The number of ether oxygens (including phenoxy) is 2. The number of benzene rings is 3. The molecule has 0 amide bonds. The van der Waals surface area contributed by atoms with Crippen LogP contribution in [0.3, 0.4) is 0 Å². The van der Waals surface area contributed by atoms with Crippen LogP contribution in [0.15, 0.2) is 78.9 Å². The summed E-state index contributed by atoms with van der Waals surface area (Å²) >= 11 is 0. The first-order valence-electron chi connectivity index (χ1n) is 8.69. The van der Waals surface area contributed by atoms with Crippen LogP contribution in [-0.4, -0.2) is 23.8 Å². The molecule has 0 heterocycles. The van der Waals surface area contributed by atoms with E-state index in [0.29, 0.717) is 11.1 Å². The van der Waals surface area contributed by atoms with Gasteiger partial charge in [-0.15, -0.1) is 0 Å². The van der Waals surface area contributed by atoms with Crippen molar-refractivity contribution in [3.63, 3.8) is 0 Å². The minimum Gasteiger partial charge on any atom is -0.496 e. The number of carbonyl (C=O) groups is 2. The Balaban J connectivity index is 1.98. The first kappa shape index (κ1) is 19.8. The second-order valence-electron chi connectivity index (χ2n) is 6.07. The standard InChI is InChI=1S/C22H17NO6/c1-28-19-13-12-17(23(26)27)14-18(19)22(25)29-21(16-10-6-3-7-11-16)20(24)15-8-4-2-5-9-15/h2-14,21H,1H3/t21-/m1/s1. The van der Waals surface area contributed by atoms with Crippen LogP contribution in [0.25, 0.3) is 0 Å². The van der Waals surface area contributed by atoms with Crippen molar-refractivity contribution in [3.8, 4) is 5.75 Å². The zero-order valence-corrected chi connectivity index (χ0v) is 15.5. The van der Waals surface area contributed by atoms with E-state index in [9.17, 15) is 19.7 Å². The molecule has 0 aliphatic carbocycles. The zero-order valence-electron chi connectivity index (χ0n) is 15.5. The smallest absolute Gasteiger partial charge is 0.343 e. The molecule has 3 aromatic rings. The second-order valence-corrected chi connectivity index (χ2v) is 6.07. The molecule has 146 valence electrons. The largest absolute Gasteiger partial charge is 0.496 e. The van der Waals surface area contributed by atoms with Crippen molar-refractivity contribution in [1.82, 2.24) is 0 Å². The molecule has 0 unspecified atom stereocenters. The number of nitrogens with zero attached hydrogens (tertiary/aromatic N) is 1. The lowest BCUT2D eigenvalue weighted by Crippen LogP contribution is -2.20. The number of esters is 1. The lowest BCUT2D eigenvalue weighted by molar-refractivity contribution is -0.384. The van der Waals surface area contributed by atoms with Crippen molar-refractivity contribution in [2.45, 2.75) is 6.10 Å². The number of nitro benzene ring substituents is 1. The fourth-order valence-corrected chi connectivity index (χ4v) is 2.79. The molecule has 0 saturated carbocycles. The number of rotatable bonds is 7. The van der Waals surface area contributed by atoms with Crippen LogP contribution in [0.5, 0.6) is 5.75 Å². The Kier molecular flexibility index (Phi) is 5.99. The molecule has 0 radical (unpaired) electrons. The SMILES string of the molecule is COc1ccc([N+](=O)[O-])cc1C(=O)O[C@@H](C(=O)c1ccccc1)c1ccccc1. The monoisotopic (exact) mass is 391 g/mol. The van der Waals surface area contributed by atoms with Gasteiger partial charge in [0.1, 0.15) is 11.3 Å². The molecule has 0 aliphatic rings. The maximum atomic E-state index is 13.0. The summed E-state index contributed by atoms with van der Waals surface area (Å²) < 4.78 is 10.7. The molecule has 0 spiro atoms. The number of hydrogen-bond donors (Lipinski definition) is 0. The average Bonchev–Trinajstić information content (AvgIpc) is 2.77. The van der Waals surface area contributed by atoms with Crippen LogP contribution in [0, 0.1) is 10.1 Å². The van der Waals surface area contributed by atoms with Gasteiger partial charge in [0.15, 0.2) is 6.10 Å². The van der Waals surface area contributed by atoms with Crippen LogP contribution >= 0.6 is 0 Å². The summed E-state index contributed by atoms with van der Waals surface area (Å²) in [6.07, 6.45) is -1.21. The predicted molar refractivity (Wildman–Crippen MR) is 105 cm³/mol. The molecule has 0 saturated heterocycles. The third kappa shape index (κ3) is 4.47. The quantitative estimate of drug-likeness (QED) is 0.257. The number of methoxy groups -OCH3 is 1. The van der Waals surface area contributed by atoms with Crippen molar-refractivity contribution < 1.29 is 24.0 Å². The fraction of sp³-hybridized carbons (Fsp3) is 0.0909. The average molecular weight is 391 g/mol. The zero-order chi connectivity index (χ0) is 20.8. The van der Waals surface area contributed by atoms with Crippen molar-refractivity contribution in [1.29, 1.82) is 0 Å². The normalized spacial score (nSPS) is 11.3. The molecule has 3 rings (SSSR count). The highest BCUT2D eigenvalue weighted by Crippen LogP contribution is 2.29. The molecule has 0 aliphatic heterocycles. The molecule has 0 fully saturated rings. The van der Waals surface area contributed by atoms with E-state index in [1.165, 1.54) is 19.2 Å². The van der Waals surface area contributed by atoms with Crippen molar-refractivity contribution in [3.05, 3.63) is 106 Å². The van der Waals surface area contributed by atoms with Gasteiger partial charge in [-0.2, -0.15) is 0 Å².